The summed E-state index contributed by atoms with van der Waals surface area (Å²) in [5.74, 6) is -0.0718. The van der Waals surface area contributed by atoms with Gasteiger partial charge >= 0.3 is 0 Å². The summed E-state index contributed by atoms with van der Waals surface area (Å²) in [5, 5.41) is 12.9. The molecule has 0 aromatic carbocycles. The average molecular weight is 262 g/mol. The molecule has 1 fully saturated rings. The second kappa shape index (κ2) is 4.71. The molecular weight excluding hydrogens is 248 g/mol. The lowest BCUT2D eigenvalue weighted by Gasteiger charge is -2.08. The lowest BCUT2D eigenvalue weighted by atomic mass is 10.1. The van der Waals surface area contributed by atoms with E-state index in [1.54, 1.807) is 11.3 Å². The van der Waals surface area contributed by atoms with Gasteiger partial charge in [-0.05, 0) is 31.2 Å². The average Bonchev–Trinajstić information content (AvgIpc) is 3.04. The van der Waals surface area contributed by atoms with Gasteiger partial charge < -0.3 is 10.1 Å². The third-order valence-electron chi connectivity index (χ3n) is 3.57. The number of rotatable bonds is 2. The molecule has 1 aromatic rings. The Morgan fingerprint density at radius 1 is 1.50 bits per heavy atom. The summed E-state index contributed by atoms with van der Waals surface area (Å²) in [4.78, 5) is 13.3. The molecule has 1 saturated heterocycles. The normalized spacial score (nSPS) is 21.6. The van der Waals surface area contributed by atoms with E-state index in [-0.39, 0.29) is 11.8 Å². The predicted octanol–water partition coefficient (Wildman–Crippen LogP) is 2.08. The van der Waals surface area contributed by atoms with E-state index in [4.69, 9.17) is 4.74 Å². The second-order valence-corrected chi connectivity index (χ2v) is 5.83. The van der Waals surface area contributed by atoms with E-state index in [0.29, 0.717) is 18.8 Å². The first-order valence-corrected chi connectivity index (χ1v) is 7.04. The van der Waals surface area contributed by atoms with Crippen molar-refractivity contribution in [2.75, 3.05) is 18.5 Å². The molecule has 18 heavy (non-hydrogen) atoms. The third kappa shape index (κ3) is 1.92. The van der Waals surface area contributed by atoms with Crippen molar-refractivity contribution in [3.8, 4) is 6.07 Å². The van der Waals surface area contributed by atoms with Crippen LogP contribution in [0.2, 0.25) is 0 Å². The van der Waals surface area contributed by atoms with Crippen LogP contribution in [0.5, 0.6) is 0 Å². The lowest BCUT2D eigenvalue weighted by Crippen LogP contribution is -2.22. The molecule has 2 aliphatic rings. The first kappa shape index (κ1) is 11.7. The van der Waals surface area contributed by atoms with Crippen molar-refractivity contribution < 1.29 is 9.53 Å². The highest BCUT2D eigenvalue weighted by molar-refractivity contribution is 7.16. The van der Waals surface area contributed by atoms with Crippen molar-refractivity contribution in [3.05, 3.63) is 16.0 Å². The SMILES string of the molecule is N#Cc1c(NC(=O)C2CCOC2)sc2c1CCC2. The number of hydrogen-bond acceptors (Lipinski definition) is 4. The van der Waals surface area contributed by atoms with Crippen LogP contribution in [-0.2, 0) is 22.4 Å². The Hall–Kier alpha value is -1.38. The Balaban J connectivity index is 1.81. The Morgan fingerprint density at radius 3 is 3.11 bits per heavy atom. The zero-order chi connectivity index (χ0) is 12.5. The zero-order valence-electron chi connectivity index (χ0n) is 9.99. The standard InChI is InChI=1S/C13H14N2O2S/c14-6-10-9-2-1-3-11(9)18-13(10)15-12(16)8-4-5-17-7-8/h8H,1-5,7H2,(H,15,16). The molecule has 94 valence electrons. The number of nitrogens with one attached hydrogen (secondary N) is 1. The number of carbonyl (C=O) groups excluding carboxylic acids is 1. The molecule has 2 heterocycles. The number of carbonyl (C=O) groups is 1. The van der Waals surface area contributed by atoms with Gasteiger partial charge in [-0.2, -0.15) is 5.26 Å². The fourth-order valence-corrected chi connectivity index (χ4v) is 3.81. The highest BCUT2D eigenvalue weighted by Crippen LogP contribution is 2.38. The van der Waals surface area contributed by atoms with Crippen molar-refractivity contribution in [1.82, 2.24) is 0 Å². The smallest absolute Gasteiger partial charge is 0.230 e. The molecule has 1 unspecified atom stereocenters. The number of hydrogen-bond donors (Lipinski definition) is 1. The molecule has 0 bridgehead atoms. The number of aryl methyl sites for hydroxylation is 1. The van der Waals surface area contributed by atoms with Gasteiger partial charge in [-0.1, -0.05) is 0 Å². The highest BCUT2D eigenvalue weighted by atomic mass is 32.1. The molecule has 5 heteroatoms. The molecule has 1 aromatic heterocycles. The summed E-state index contributed by atoms with van der Waals surface area (Å²) in [6, 6.07) is 2.24. The van der Waals surface area contributed by atoms with E-state index in [9.17, 15) is 10.1 Å². The minimum absolute atomic E-state index is 0.0103. The quantitative estimate of drug-likeness (QED) is 0.887. The Morgan fingerprint density at radius 2 is 2.39 bits per heavy atom. The number of amides is 1. The number of thiophene rings is 1. The molecule has 1 N–H and O–H groups in total. The van der Waals surface area contributed by atoms with Crippen LogP contribution in [0.3, 0.4) is 0 Å². The zero-order valence-corrected chi connectivity index (χ0v) is 10.8. The van der Waals surface area contributed by atoms with Crippen molar-refractivity contribution in [3.63, 3.8) is 0 Å². The first-order chi connectivity index (χ1) is 8.79. The molecule has 1 amide bonds. The maximum absolute atomic E-state index is 12.0. The summed E-state index contributed by atoms with van der Waals surface area (Å²) in [5.41, 5.74) is 1.83. The van der Waals surface area contributed by atoms with E-state index in [0.717, 1.165) is 36.2 Å². The summed E-state index contributed by atoms with van der Waals surface area (Å²) in [7, 11) is 0. The summed E-state index contributed by atoms with van der Waals surface area (Å²) in [6.07, 6.45) is 3.91. The molecule has 0 saturated carbocycles. The van der Waals surface area contributed by atoms with Crippen LogP contribution in [0.4, 0.5) is 5.00 Å². The van der Waals surface area contributed by atoms with Crippen LogP contribution in [-0.4, -0.2) is 19.1 Å². The van der Waals surface area contributed by atoms with Crippen LogP contribution in [0.1, 0.15) is 28.8 Å². The van der Waals surface area contributed by atoms with Crippen molar-refractivity contribution in [2.45, 2.75) is 25.7 Å². The van der Waals surface area contributed by atoms with Gasteiger partial charge in [0.25, 0.3) is 0 Å². The molecule has 0 radical (unpaired) electrons. The van der Waals surface area contributed by atoms with Crippen molar-refractivity contribution in [2.24, 2.45) is 5.92 Å². The fourth-order valence-electron chi connectivity index (χ4n) is 2.57. The van der Waals surface area contributed by atoms with Crippen LogP contribution in [0.15, 0.2) is 0 Å². The Labute approximate surface area is 110 Å². The van der Waals surface area contributed by atoms with Gasteiger partial charge in [-0.3, -0.25) is 4.79 Å². The highest BCUT2D eigenvalue weighted by Gasteiger charge is 2.27. The Bertz CT molecular complexity index is 524. The maximum Gasteiger partial charge on any atom is 0.230 e. The maximum atomic E-state index is 12.0. The van der Waals surface area contributed by atoms with E-state index in [1.165, 1.54) is 4.88 Å². The van der Waals surface area contributed by atoms with E-state index < -0.39 is 0 Å². The summed E-state index contributed by atoms with van der Waals surface area (Å²) >= 11 is 1.57. The minimum Gasteiger partial charge on any atom is -0.381 e. The van der Waals surface area contributed by atoms with Crippen molar-refractivity contribution >= 4 is 22.2 Å². The molecule has 0 spiro atoms. The molecule has 4 nitrogen and oxygen atoms in total. The number of anilines is 1. The van der Waals surface area contributed by atoms with Gasteiger partial charge in [0.2, 0.25) is 5.91 Å². The number of ether oxygens (including phenoxy) is 1. The predicted molar refractivity (Wildman–Crippen MR) is 68.6 cm³/mol. The van der Waals surface area contributed by atoms with E-state index >= 15 is 0 Å². The largest absolute Gasteiger partial charge is 0.381 e. The van der Waals surface area contributed by atoms with Crippen LogP contribution >= 0.6 is 11.3 Å². The molecule has 1 atom stereocenters. The van der Waals surface area contributed by atoms with Gasteiger partial charge in [-0.15, -0.1) is 11.3 Å². The molecular formula is C13H14N2O2S. The van der Waals surface area contributed by atoms with Gasteiger partial charge in [0.1, 0.15) is 11.1 Å². The third-order valence-corrected chi connectivity index (χ3v) is 4.78. The Kier molecular flexibility index (Phi) is 3.06. The monoisotopic (exact) mass is 262 g/mol. The van der Waals surface area contributed by atoms with Crippen LogP contribution in [0, 0.1) is 17.2 Å². The second-order valence-electron chi connectivity index (χ2n) is 4.72. The van der Waals surface area contributed by atoms with E-state index in [1.807, 2.05) is 0 Å². The summed E-state index contributed by atoms with van der Waals surface area (Å²) in [6.45, 7) is 1.16. The van der Waals surface area contributed by atoms with Crippen LogP contribution in [0.25, 0.3) is 0 Å². The first-order valence-electron chi connectivity index (χ1n) is 6.23. The van der Waals surface area contributed by atoms with Gasteiger partial charge in [-0.25, -0.2) is 0 Å². The van der Waals surface area contributed by atoms with Gasteiger partial charge in [0.15, 0.2) is 0 Å². The van der Waals surface area contributed by atoms with E-state index in [2.05, 4.69) is 11.4 Å². The topological polar surface area (TPSA) is 62.1 Å². The molecule has 3 rings (SSSR count). The minimum atomic E-state index is -0.0616. The van der Waals surface area contributed by atoms with Crippen LogP contribution < -0.4 is 5.32 Å². The molecule has 1 aliphatic carbocycles. The van der Waals surface area contributed by atoms with Gasteiger partial charge in [0, 0.05) is 11.5 Å². The number of nitriles is 1. The van der Waals surface area contributed by atoms with Crippen molar-refractivity contribution in [1.29, 1.82) is 5.26 Å². The molecule has 1 aliphatic heterocycles. The lowest BCUT2D eigenvalue weighted by molar-refractivity contribution is -0.119. The number of nitrogens with zero attached hydrogens (tertiary/aromatic N) is 1. The number of fused-ring (bicyclic) bond motifs is 1. The fraction of sp³-hybridized carbons (Fsp3) is 0.538. The summed E-state index contributed by atoms with van der Waals surface area (Å²) < 4.78 is 5.21. The van der Waals surface area contributed by atoms with Gasteiger partial charge in [0.05, 0.1) is 18.1 Å².